The molecule has 1 unspecified atom stereocenters. The molecule has 2 aromatic heterocycles. The molecule has 8 heteroatoms. The van der Waals surface area contributed by atoms with E-state index in [0.29, 0.717) is 18.9 Å². The van der Waals surface area contributed by atoms with Gasteiger partial charge in [-0.15, -0.1) is 0 Å². The number of aromatic nitrogens is 2. The fourth-order valence-electron chi connectivity index (χ4n) is 3.42. The fraction of sp³-hybridized carbons (Fsp3) is 0.429. The van der Waals surface area contributed by atoms with E-state index in [1.54, 1.807) is 32.3 Å². The van der Waals surface area contributed by atoms with Gasteiger partial charge in [0.05, 0.1) is 12.1 Å². The van der Waals surface area contributed by atoms with Crippen LogP contribution in [-0.2, 0) is 23.8 Å². The first kappa shape index (κ1) is 19.3. The molecule has 1 atom stereocenters. The third-order valence-corrected chi connectivity index (χ3v) is 4.82. The number of allylic oxidation sites excluding steroid dienone is 1. The highest BCUT2D eigenvalue weighted by atomic mass is 16.6. The third kappa shape index (κ3) is 4.07. The van der Waals surface area contributed by atoms with E-state index in [1.165, 1.54) is 0 Å². The molecule has 4 heterocycles. The summed E-state index contributed by atoms with van der Waals surface area (Å²) in [6.45, 7) is 4.68. The van der Waals surface area contributed by atoms with Crippen LogP contribution in [0, 0.1) is 5.92 Å². The van der Waals surface area contributed by atoms with Crippen molar-refractivity contribution < 1.29 is 23.8 Å². The van der Waals surface area contributed by atoms with Gasteiger partial charge in [0.25, 0.3) is 0 Å². The molecule has 0 amide bonds. The molecule has 2 aliphatic rings. The molecule has 0 aliphatic carbocycles. The lowest BCUT2D eigenvalue weighted by Crippen LogP contribution is -2.31. The van der Waals surface area contributed by atoms with Crippen molar-refractivity contribution in [3.63, 3.8) is 0 Å². The molecular weight excluding hydrogens is 374 g/mol. The Morgan fingerprint density at radius 2 is 2.17 bits per heavy atom. The number of hydrogen-bond donors (Lipinski definition) is 1. The van der Waals surface area contributed by atoms with E-state index in [4.69, 9.17) is 14.2 Å². The van der Waals surface area contributed by atoms with Gasteiger partial charge in [0.15, 0.2) is 11.7 Å². The van der Waals surface area contributed by atoms with Gasteiger partial charge in [0.2, 0.25) is 11.7 Å². The van der Waals surface area contributed by atoms with Crippen LogP contribution in [-0.4, -0.2) is 53.0 Å². The number of fused-ring (bicyclic) bond motifs is 1. The Kier molecular flexibility index (Phi) is 5.44. The zero-order chi connectivity index (χ0) is 20.4. The molecule has 2 aliphatic heterocycles. The van der Waals surface area contributed by atoms with Crippen LogP contribution in [0.25, 0.3) is 17.1 Å². The molecule has 0 radical (unpaired) electrons. The van der Waals surface area contributed by atoms with Gasteiger partial charge in [-0.3, -0.25) is 14.6 Å². The number of Topliss-reactive ketones (excluding diaryl/α,β-unsaturated/α-hetero) is 1. The quantitative estimate of drug-likeness (QED) is 0.483. The van der Waals surface area contributed by atoms with Crippen LogP contribution in [0.4, 0.5) is 0 Å². The summed E-state index contributed by atoms with van der Waals surface area (Å²) in [5.41, 5.74) is 1.46. The lowest BCUT2D eigenvalue weighted by atomic mass is 10.0. The monoisotopic (exact) mass is 397 g/mol. The number of aromatic amines is 1. The topological polar surface area (TPSA) is 103 Å². The average Bonchev–Trinajstić information content (AvgIpc) is 3.24. The van der Waals surface area contributed by atoms with Crippen LogP contribution >= 0.6 is 0 Å². The molecule has 0 spiro atoms. The first-order valence-electron chi connectivity index (χ1n) is 9.74. The molecular formula is C21H23N3O5. The maximum absolute atomic E-state index is 13.0. The molecule has 2 aromatic rings. The largest absolute Gasteiger partial charge is 0.462 e. The summed E-state index contributed by atoms with van der Waals surface area (Å²) in [5, 5.41) is 0.854. The van der Waals surface area contributed by atoms with E-state index in [0.717, 1.165) is 23.8 Å². The lowest BCUT2D eigenvalue weighted by Gasteiger charge is -2.19. The standard InChI is InChI=1S/C21H23N3O5/c1-12(2)28-21(26)17-18(25)16(29-20(17)24-14-5-8-27-9-6-14)10-13-11-23-19-15(13)4-3-7-22-19/h3-4,7,10-12,14,17H,5-6,8-9H2,1-2H3,(H,22,23)/b16-10-,24-20?. The summed E-state index contributed by atoms with van der Waals surface area (Å²) in [6.07, 6.45) is 6.15. The van der Waals surface area contributed by atoms with Crippen molar-refractivity contribution in [1.82, 2.24) is 9.97 Å². The molecule has 152 valence electrons. The highest BCUT2D eigenvalue weighted by Crippen LogP contribution is 2.29. The minimum Gasteiger partial charge on any atom is -0.462 e. The second-order valence-electron chi connectivity index (χ2n) is 7.35. The van der Waals surface area contributed by atoms with Crippen LogP contribution < -0.4 is 0 Å². The maximum atomic E-state index is 13.0. The van der Waals surface area contributed by atoms with E-state index in [-0.39, 0.29) is 23.8 Å². The predicted octanol–water partition coefficient (Wildman–Crippen LogP) is 2.65. The summed E-state index contributed by atoms with van der Waals surface area (Å²) < 4.78 is 16.4. The number of carbonyl (C=O) groups is 2. The number of H-pyrrole nitrogens is 1. The van der Waals surface area contributed by atoms with Crippen molar-refractivity contribution >= 4 is 34.8 Å². The van der Waals surface area contributed by atoms with Crippen molar-refractivity contribution in [2.45, 2.75) is 38.8 Å². The molecule has 2 saturated heterocycles. The average molecular weight is 397 g/mol. The highest BCUT2D eigenvalue weighted by molar-refractivity contribution is 6.27. The van der Waals surface area contributed by atoms with Crippen LogP contribution in [0.1, 0.15) is 32.3 Å². The van der Waals surface area contributed by atoms with Gasteiger partial charge in [0.1, 0.15) is 5.65 Å². The van der Waals surface area contributed by atoms with Gasteiger partial charge in [-0.1, -0.05) is 0 Å². The summed E-state index contributed by atoms with van der Waals surface area (Å²) >= 11 is 0. The Hall–Kier alpha value is -3.00. The zero-order valence-electron chi connectivity index (χ0n) is 16.4. The minimum atomic E-state index is -1.17. The van der Waals surface area contributed by atoms with E-state index in [1.807, 2.05) is 12.1 Å². The molecule has 0 bridgehead atoms. The number of nitrogens with one attached hydrogen (secondary N) is 1. The fourth-order valence-corrected chi connectivity index (χ4v) is 3.42. The van der Waals surface area contributed by atoms with Crippen LogP contribution in [0.2, 0.25) is 0 Å². The molecule has 0 saturated carbocycles. The van der Waals surface area contributed by atoms with E-state index in [9.17, 15) is 9.59 Å². The summed E-state index contributed by atoms with van der Waals surface area (Å²) in [5.74, 6) is -2.07. The van der Waals surface area contributed by atoms with Gasteiger partial charge in [-0.05, 0) is 44.9 Å². The minimum absolute atomic E-state index is 0.0439. The molecule has 29 heavy (non-hydrogen) atoms. The normalized spacial score (nSPS) is 23.3. The second kappa shape index (κ2) is 8.16. The van der Waals surface area contributed by atoms with Crippen molar-refractivity contribution in [3.05, 3.63) is 35.8 Å². The molecule has 8 nitrogen and oxygen atoms in total. The Bertz CT molecular complexity index is 985. The Morgan fingerprint density at radius 1 is 1.38 bits per heavy atom. The van der Waals surface area contributed by atoms with Gasteiger partial charge in [0, 0.05) is 36.6 Å². The van der Waals surface area contributed by atoms with Crippen LogP contribution in [0.5, 0.6) is 0 Å². The zero-order valence-corrected chi connectivity index (χ0v) is 16.4. The Labute approximate surface area is 168 Å². The van der Waals surface area contributed by atoms with Crippen molar-refractivity contribution in [3.8, 4) is 0 Å². The Balaban J connectivity index is 1.68. The van der Waals surface area contributed by atoms with Gasteiger partial charge < -0.3 is 19.2 Å². The van der Waals surface area contributed by atoms with E-state index in [2.05, 4.69) is 15.0 Å². The number of esters is 1. The number of nitrogens with zero attached hydrogens (tertiary/aromatic N) is 2. The lowest BCUT2D eigenvalue weighted by molar-refractivity contribution is -0.151. The Morgan fingerprint density at radius 3 is 2.93 bits per heavy atom. The number of ketones is 1. The molecule has 4 rings (SSSR count). The molecule has 0 aromatic carbocycles. The van der Waals surface area contributed by atoms with Crippen LogP contribution in [0.15, 0.2) is 35.3 Å². The van der Waals surface area contributed by atoms with E-state index < -0.39 is 17.7 Å². The van der Waals surface area contributed by atoms with Crippen molar-refractivity contribution in [1.29, 1.82) is 0 Å². The summed E-state index contributed by atoms with van der Waals surface area (Å²) in [7, 11) is 0. The maximum Gasteiger partial charge on any atom is 0.326 e. The number of hydrogen-bond acceptors (Lipinski definition) is 7. The highest BCUT2D eigenvalue weighted by Gasteiger charge is 2.45. The summed E-state index contributed by atoms with van der Waals surface area (Å²) in [4.78, 5) is 37.5. The molecule has 2 fully saturated rings. The smallest absolute Gasteiger partial charge is 0.326 e. The van der Waals surface area contributed by atoms with Crippen LogP contribution in [0.3, 0.4) is 0 Å². The number of carbonyl (C=O) groups excluding carboxylic acids is 2. The van der Waals surface area contributed by atoms with E-state index >= 15 is 0 Å². The number of aliphatic imine (C=N–C) groups is 1. The molecule has 1 N–H and O–H groups in total. The van der Waals surface area contributed by atoms with Gasteiger partial charge in [-0.25, -0.2) is 4.98 Å². The first-order valence-corrected chi connectivity index (χ1v) is 9.74. The summed E-state index contributed by atoms with van der Waals surface area (Å²) in [6, 6.07) is 3.67. The van der Waals surface area contributed by atoms with Gasteiger partial charge in [-0.2, -0.15) is 0 Å². The number of ether oxygens (including phenoxy) is 3. The van der Waals surface area contributed by atoms with Crippen molar-refractivity contribution in [2.24, 2.45) is 10.9 Å². The van der Waals surface area contributed by atoms with Crippen molar-refractivity contribution in [2.75, 3.05) is 13.2 Å². The third-order valence-electron chi connectivity index (χ3n) is 4.82. The van der Waals surface area contributed by atoms with Gasteiger partial charge >= 0.3 is 5.97 Å². The predicted molar refractivity (Wildman–Crippen MR) is 106 cm³/mol. The first-order chi connectivity index (χ1) is 14.0. The SMILES string of the molecule is CC(C)OC(=O)C1C(=O)/C(=C/c2c[nH]c3ncccc23)OC1=NC1CCOCC1. The number of pyridine rings is 1. The number of rotatable bonds is 4. The second-order valence-corrected chi connectivity index (χ2v) is 7.35.